The van der Waals surface area contributed by atoms with E-state index in [1.54, 1.807) is 0 Å². The zero-order valence-corrected chi connectivity index (χ0v) is 8.92. The summed E-state index contributed by atoms with van der Waals surface area (Å²) in [5.41, 5.74) is 0. The molecular formula is C9H19N3. The van der Waals surface area contributed by atoms with E-state index in [2.05, 4.69) is 24.0 Å². The van der Waals surface area contributed by atoms with E-state index >= 15 is 0 Å². The average molecular weight is 169 g/mol. The highest BCUT2D eigenvalue weighted by atomic mass is 15.3. The Morgan fingerprint density at radius 2 is 1.67 bits per heavy atom. The third-order valence-electron chi connectivity index (χ3n) is 1.64. The zero-order valence-electron chi connectivity index (χ0n) is 8.92. The molecule has 0 radical (unpaired) electrons. The summed E-state index contributed by atoms with van der Waals surface area (Å²) in [5.74, 6) is 2.49. The molecule has 0 aliphatic carbocycles. The zero-order chi connectivity index (χ0) is 9.72. The first-order chi connectivity index (χ1) is 5.63. The van der Waals surface area contributed by atoms with Crippen LogP contribution in [0.4, 0.5) is 0 Å². The molecule has 0 saturated heterocycles. The Morgan fingerprint density at radius 3 is 1.83 bits per heavy atom. The molecule has 0 aliphatic heterocycles. The number of aryl methyl sites for hydroxylation is 1. The Hall–Kier alpha value is -0.860. The largest absolute Gasteiger partial charge is 0.318 e. The van der Waals surface area contributed by atoms with E-state index in [-0.39, 0.29) is 0 Å². The van der Waals surface area contributed by atoms with Crippen LogP contribution in [0.5, 0.6) is 0 Å². The van der Waals surface area contributed by atoms with Crippen LogP contribution in [0, 0.1) is 6.92 Å². The van der Waals surface area contributed by atoms with Gasteiger partial charge in [-0.05, 0) is 6.92 Å². The van der Waals surface area contributed by atoms with Gasteiger partial charge in [0.05, 0.1) is 0 Å². The van der Waals surface area contributed by atoms with E-state index in [9.17, 15) is 0 Å². The molecule has 0 fully saturated rings. The summed E-state index contributed by atoms with van der Waals surface area (Å²) < 4.78 is 2.02. The first-order valence-electron chi connectivity index (χ1n) is 4.49. The highest BCUT2D eigenvalue weighted by molar-refractivity contribution is 4.96. The Labute approximate surface area is 74.8 Å². The van der Waals surface area contributed by atoms with Crippen molar-refractivity contribution in [1.82, 2.24) is 14.8 Å². The third-order valence-corrected chi connectivity index (χ3v) is 1.64. The van der Waals surface area contributed by atoms with Gasteiger partial charge in [0, 0.05) is 13.0 Å². The summed E-state index contributed by atoms with van der Waals surface area (Å²) in [4.78, 5) is 0. The van der Waals surface area contributed by atoms with E-state index in [4.69, 9.17) is 0 Å². The van der Waals surface area contributed by atoms with Crippen molar-refractivity contribution in [2.45, 2.75) is 40.5 Å². The third kappa shape index (κ3) is 2.32. The molecule has 1 aromatic rings. The first-order valence-corrected chi connectivity index (χ1v) is 4.49. The van der Waals surface area contributed by atoms with Gasteiger partial charge in [-0.3, -0.25) is 0 Å². The highest BCUT2D eigenvalue weighted by Crippen LogP contribution is 2.10. The molecule has 0 N–H and O–H groups in total. The van der Waals surface area contributed by atoms with E-state index in [0.717, 1.165) is 11.6 Å². The minimum Gasteiger partial charge on any atom is -0.318 e. The van der Waals surface area contributed by atoms with Gasteiger partial charge in [0.1, 0.15) is 11.6 Å². The van der Waals surface area contributed by atoms with Gasteiger partial charge in [-0.25, -0.2) is 0 Å². The molecule has 0 saturated carbocycles. The van der Waals surface area contributed by atoms with E-state index in [1.165, 1.54) is 0 Å². The van der Waals surface area contributed by atoms with Gasteiger partial charge < -0.3 is 4.57 Å². The monoisotopic (exact) mass is 169 g/mol. The molecular weight excluding hydrogens is 150 g/mol. The van der Waals surface area contributed by atoms with Crippen LogP contribution in [0.2, 0.25) is 0 Å². The number of hydrogen-bond acceptors (Lipinski definition) is 2. The van der Waals surface area contributed by atoms with E-state index in [0.29, 0.717) is 5.92 Å². The Balaban J connectivity index is 0.000000561. The normalized spacial score (nSPS) is 9.58. The lowest BCUT2D eigenvalue weighted by molar-refractivity contribution is 0.700. The predicted molar refractivity (Wildman–Crippen MR) is 51.2 cm³/mol. The summed E-state index contributed by atoms with van der Waals surface area (Å²) in [6.07, 6.45) is 0. The van der Waals surface area contributed by atoms with Crippen molar-refractivity contribution in [3.05, 3.63) is 11.6 Å². The molecule has 70 valence electrons. The minimum atomic E-state index is 0.464. The highest BCUT2D eigenvalue weighted by Gasteiger charge is 2.07. The van der Waals surface area contributed by atoms with Crippen molar-refractivity contribution >= 4 is 0 Å². The summed E-state index contributed by atoms with van der Waals surface area (Å²) in [5, 5.41) is 7.98. The summed E-state index contributed by atoms with van der Waals surface area (Å²) >= 11 is 0. The van der Waals surface area contributed by atoms with Crippen LogP contribution in [-0.4, -0.2) is 14.8 Å². The van der Waals surface area contributed by atoms with Crippen LogP contribution in [0.1, 0.15) is 45.3 Å². The van der Waals surface area contributed by atoms with Gasteiger partial charge in [-0.1, -0.05) is 27.7 Å². The van der Waals surface area contributed by atoms with Crippen molar-refractivity contribution in [3.8, 4) is 0 Å². The predicted octanol–water partition coefficient (Wildman–Crippen LogP) is 2.27. The number of rotatable bonds is 1. The molecule has 0 spiro atoms. The minimum absolute atomic E-state index is 0.464. The lowest BCUT2D eigenvalue weighted by Gasteiger charge is -2.02. The van der Waals surface area contributed by atoms with Crippen LogP contribution >= 0.6 is 0 Å². The lowest BCUT2D eigenvalue weighted by Crippen LogP contribution is -2.00. The maximum Gasteiger partial charge on any atom is 0.135 e. The maximum atomic E-state index is 4.03. The van der Waals surface area contributed by atoms with Crippen molar-refractivity contribution in [2.24, 2.45) is 7.05 Å². The topological polar surface area (TPSA) is 30.7 Å². The molecule has 3 heteroatoms. The van der Waals surface area contributed by atoms with E-state index < -0.39 is 0 Å². The smallest absolute Gasteiger partial charge is 0.135 e. The Morgan fingerprint density at radius 1 is 1.17 bits per heavy atom. The van der Waals surface area contributed by atoms with E-state index in [1.807, 2.05) is 32.4 Å². The SMILES string of the molecule is CC.Cc1nnc(C(C)C)n1C. The molecule has 0 unspecified atom stereocenters. The number of hydrogen-bond donors (Lipinski definition) is 0. The van der Waals surface area contributed by atoms with Gasteiger partial charge in [0.15, 0.2) is 0 Å². The fourth-order valence-corrected chi connectivity index (χ4v) is 0.926. The standard InChI is InChI=1S/C7H13N3.C2H6/c1-5(2)7-9-8-6(3)10(7)4;1-2/h5H,1-4H3;1-2H3. The van der Waals surface area contributed by atoms with Crippen molar-refractivity contribution in [2.75, 3.05) is 0 Å². The van der Waals surface area contributed by atoms with Gasteiger partial charge in [-0.2, -0.15) is 0 Å². The molecule has 1 rings (SSSR count). The molecule has 3 nitrogen and oxygen atoms in total. The maximum absolute atomic E-state index is 4.03. The molecule has 0 bridgehead atoms. The molecule has 0 aliphatic rings. The quantitative estimate of drug-likeness (QED) is 0.645. The molecule has 0 atom stereocenters. The Kier molecular flexibility index (Phi) is 4.55. The van der Waals surface area contributed by atoms with Gasteiger partial charge in [0.25, 0.3) is 0 Å². The Bertz CT molecular complexity index is 226. The van der Waals surface area contributed by atoms with Gasteiger partial charge in [-0.15, -0.1) is 10.2 Å². The fourth-order valence-electron chi connectivity index (χ4n) is 0.926. The number of aromatic nitrogens is 3. The van der Waals surface area contributed by atoms with Crippen LogP contribution < -0.4 is 0 Å². The summed E-state index contributed by atoms with van der Waals surface area (Å²) in [6, 6.07) is 0. The van der Waals surface area contributed by atoms with Crippen LogP contribution in [0.3, 0.4) is 0 Å². The van der Waals surface area contributed by atoms with Gasteiger partial charge in [0.2, 0.25) is 0 Å². The second-order valence-electron chi connectivity index (χ2n) is 2.82. The van der Waals surface area contributed by atoms with Crippen molar-refractivity contribution in [1.29, 1.82) is 0 Å². The number of nitrogens with zero attached hydrogens (tertiary/aromatic N) is 3. The van der Waals surface area contributed by atoms with Crippen LogP contribution in [0.25, 0.3) is 0 Å². The van der Waals surface area contributed by atoms with Gasteiger partial charge >= 0.3 is 0 Å². The average Bonchev–Trinajstić information content (AvgIpc) is 2.37. The second kappa shape index (κ2) is 4.91. The molecule has 0 aromatic carbocycles. The van der Waals surface area contributed by atoms with Crippen LogP contribution in [0.15, 0.2) is 0 Å². The summed E-state index contributed by atoms with van der Waals surface area (Å²) in [7, 11) is 1.99. The first kappa shape index (κ1) is 11.1. The fraction of sp³-hybridized carbons (Fsp3) is 0.778. The lowest BCUT2D eigenvalue weighted by atomic mass is 10.2. The van der Waals surface area contributed by atoms with Crippen LogP contribution in [-0.2, 0) is 7.05 Å². The molecule has 12 heavy (non-hydrogen) atoms. The molecule has 1 aromatic heterocycles. The summed E-state index contributed by atoms with van der Waals surface area (Å²) in [6.45, 7) is 10.2. The molecule has 0 amide bonds. The molecule has 1 heterocycles. The second-order valence-corrected chi connectivity index (χ2v) is 2.82. The van der Waals surface area contributed by atoms with Crippen molar-refractivity contribution < 1.29 is 0 Å². The van der Waals surface area contributed by atoms with Crippen molar-refractivity contribution in [3.63, 3.8) is 0 Å².